The van der Waals surface area contributed by atoms with Crippen LogP contribution >= 0.6 is 0 Å². The lowest BCUT2D eigenvalue weighted by Crippen LogP contribution is -2.25. The molecule has 0 unspecified atom stereocenters. The number of nitrogens with one attached hydrogen (secondary N) is 1. The van der Waals surface area contributed by atoms with Crippen LogP contribution < -0.4 is 4.72 Å². The van der Waals surface area contributed by atoms with Gasteiger partial charge in [0.2, 0.25) is 10.0 Å². The molecule has 5 nitrogen and oxygen atoms in total. The number of rotatable bonds is 5. The van der Waals surface area contributed by atoms with Gasteiger partial charge < -0.3 is 4.57 Å². The number of fused-ring (bicyclic) bond motifs is 1. The number of imidazole rings is 1. The standard InChI is InChI=1S/C20H18FN3O2S/c21-19-11-15(5-8-20(19)24-10-9-22-14-24)13-23-27(25,26)18-7-6-16-3-1-2-4-17(16)12-18/h1-5,8-12,14,23H,6-7,13H2. The van der Waals surface area contributed by atoms with Crippen LogP contribution in [0.15, 0.2) is 66.1 Å². The van der Waals surface area contributed by atoms with Crippen molar-refractivity contribution in [3.8, 4) is 5.69 Å². The summed E-state index contributed by atoms with van der Waals surface area (Å²) in [5.41, 5.74) is 3.00. The number of aryl methyl sites for hydroxylation is 1. The molecule has 3 aromatic rings. The van der Waals surface area contributed by atoms with Crippen LogP contribution in [0.4, 0.5) is 4.39 Å². The van der Waals surface area contributed by atoms with Crippen molar-refractivity contribution in [2.45, 2.75) is 19.4 Å². The van der Waals surface area contributed by atoms with Crippen molar-refractivity contribution >= 4 is 16.1 Å². The molecular weight excluding hydrogens is 365 g/mol. The topological polar surface area (TPSA) is 64.0 Å². The number of hydrogen-bond acceptors (Lipinski definition) is 3. The zero-order chi connectivity index (χ0) is 18.9. The molecule has 0 spiro atoms. The van der Waals surface area contributed by atoms with Crippen molar-refractivity contribution in [2.75, 3.05) is 0 Å². The Hall–Kier alpha value is -2.77. The molecule has 0 aliphatic heterocycles. The van der Waals surface area contributed by atoms with Gasteiger partial charge in [0.05, 0.1) is 16.9 Å². The molecule has 2 aromatic carbocycles. The fourth-order valence-corrected chi connectivity index (χ4v) is 4.36. The molecule has 27 heavy (non-hydrogen) atoms. The van der Waals surface area contributed by atoms with Crippen LogP contribution in [-0.4, -0.2) is 18.0 Å². The van der Waals surface area contributed by atoms with Gasteiger partial charge in [-0.2, -0.15) is 0 Å². The van der Waals surface area contributed by atoms with E-state index in [4.69, 9.17) is 0 Å². The third-order valence-corrected chi connectivity index (χ3v) is 6.16. The minimum atomic E-state index is -3.62. The number of benzene rings is 2. The SMILES string of the molecule is O=S(=O)(NCc1ccc(-n2ccnc2)c(F)c1)C1=Cc2ccccc2CC1. The molecule has 1 heterocycles. The van der Waals surface area contributed by atoms with Gasteiger partial charge in [-0.25, -0.2) is 22.5 Å². The summed E-state index contributed by atoms with van der Waals surface area (Å²) >= 11 is 0. The van der Waals surface area contributed by atoms with Gasteiger partial charge in [-0.1, -0.05) is 30.3 Å². The predicted molar refractivity (Wildman–Crippen MR) is 102 cm³/mol. The molecule has 7 heteroatoms. The molecule has 0 bridgehead atoms. The molecule has 1 aromatic heterocycles. The van der Waals surface area contributed by atoms with E-state index in [1.165, 1.54) is 12.4 Å². The number of aromatic nitrogens is 2. The van der Waals surface area contributed by atoms with Gasteiger partial charge in [0.25, 0.3) is 0 Å². The maximum absolute atomic E-state index is 14.3. The molecule has 0 atom stereocenters. The van der Waals surface area contributed by atoms with Gasteiger partial charge in [0, 0.05) is 18.9 Å². The van der Waals surface area contributed by atoms with Gasteiger partial charge in [-0.15, -0.1) is 0 Å². The van der Waals surface area contributed by atoms with E-state index < -0.39 is 15.8 Å². The Labute approximate surface area is 157 Å². The van der Waals surface area contributed by atoms with E-state index in [0.717, 1.165) is 11.1 Å². The summed E-state index contributed by atoms with van der Waals surface area (Å²) in [6.45, 7) is 0.0302. The largest absolute Gasteiger partial charge is 0.303 e. The molecule has 138 valence electrons. The van der Waals surface area contributed by atoms with Crippen molar-refractivity contribution < 1.29 is 12.8 Å². The third kappa shape index (κ3) is 3.70. The van der Waals surface area contributed by atoms with E-state index in [2.05, 4.69) is 9.71 Å². The van der Waals surface area contributed by atoms with Crippen molar-refractivity contribution in [3.05, 3.63) is 88.6 Å². The Morgan fingerprint density at radius 1 is 1.15 bits per heavy atom. The Morgan fingerprint density at radius 2 is 2.00 bits per heavy atom. The van der Waals surface area contributed by atoms with Crippen LogP contribution in [0, 0.1) is 5.82 Å². The Bertz CT molecular complexity index is 1110. The molecule has 0 amide bonds. The summed E-state index contributed by atoms with van der Waals surface area (Å²) in [5.74, 6) is -0.435. The molecule has 0 saturated heterocycles. The number of allylic oxidation sites excluding steroid dienone is 1. The van der Waals surface area contributed by atoms with Crippen LogP contribution in [0.1, 0.15) is 23.1 Å². The van der Waals surface area contributed by atoms with E-state index in [-0.39, 0.29) is 6.54 Å². The first-order valence-electron chi connectivity index (χ1n) is 8.58. The minimum absolute atomic E-state index is 0.0302. The highest BCUT2D eigenvalue weighted by molar-refractivity contribution is 7.93. The number of sulfonamides is 1. The minimum Gasteiger partial charge on any atom is -0.303 e. The first-order valence-corrected chi connectivity index (χ1v) is 10.1. The molecule has 1 aliphatic carbocycles. The second kappa shape index (κ2) is 7.09. The fourth-order valence-electron chi connectivity index (χ4n) is 3.16. The van der Waals surface area contributed by atoms with E-state index in [9.17, 15) is 12.8 Å². The van der Waals surface area contributed by atoms with Crippen molar-refractivity contribution in [2.24, 2.45) is 0 Å². The lowest BCUT2D eigenvalue weighted by molar-refractivity contribution is 0.584. The number of nitrogens with zero attached hydrogens (tertiary/aromatic N) is 2. The van der Waals surface area contributed by atoms with Gasteiger partial charge in [-0.05, 0) is 47.7 Å². The Kier molecular flexibility index (Phi) is 4.63. The zero-order valence-corrected chi connectivity index (χ0v) is 15.3. The second-order valence-corrected chi connectivity index (χ2v) is 8.21. The highest BCUT2D eigenvalue weighted by Crippen LogP contribution is 2.26. The van der Waals surface area contributed by atoms with Gasteiger partial charge in [0.1, 0.15) is 5.82 Å². The monoisotopic (exact) mass is 383 g/mol. The molecule has 0 saturated carbocycles. The summed E-state index contributed by atoms with van der Waals surface area (Å²) in [6, 6.07) is 12.4. The summed E-state index contributed by atoms with van der Waals surface area (Å²) in [6.07, 6.45) is 7.58. The molecular formula is C20H18FN3O2S. The van der Waals surface area contributed by atoms with E-state index >= 15 is 0 Å². The van der Waals surface area contributed by atoms with E-state index in [1.807, 2.05) is 24.3 Å². The summed E-state index contributed by atoms with van der Waals surface area (Å²) in [7, 11) is -3.62. The highest BCUT2D eigenvalue weighted by Gasteiger charge is 2.21. The van der Waals surface area contributed by atoms with Crippen LogP contribution in [0.25, 0.3) is 11.8 Å². The van der Waals surface area contributed by atoms with Crippen LogP contribution in [0.3, 0.4) is 0 Å². The first-order chi connectivity index (χ1) is 13.0. The van der Waals surface area contributed by atoms with Crippen molar-refractivity contribution in [1.29, 1.82) is 0 Å². The van der Waals surface area contributed by atoms with E-state index in [1.54, 1.807) is 35.2 Å². The molecule has 4 rings (SSSR count). The molecule has 1 aliphatic rings. The van der Waals surface area contributed by atoms with Gasteiger partial charge in [-0.3, -0.25) is 0 Å². The molecule has 0 radical (unpaired) electrons. The second-order valence-electron chi connectivity index (χ2n) is 6.39. The zero-order valence-electron chi connectivity index (χ0n) is 14.5. The smallest absolute Gasteiger partial charge is 0.237 e. The Balaban J connectivity index is 1.50. The van der Waals surface area contributed by atoms with Crippen LogP contribution in [-0.2, 0) is 23.0 Å². The average Bonchev–Trinajstić information content (AvgIpc) is 3.20. The maximum Gasteiger partial charge on any atom is 0.237 e. The van der Waals surface area contributed by atoms with Crippen molar-refractivity contribution in [3.63, 3.8) is 0 Å². The van der Waals surface area contributed by atoms with Crippen LogP contribution in [0.2, 0.25) is 0 Å². The average molecular weight is 383 g/mol. The van der Waals surface area contributed by atoms with Gasteiger partial charge >= 0.3 is 0 Å². The maximum atomic E-state index is 14.3. The highest BCUT2D eigenvalue weighted by atomic mass is 32.2. The van der Waals surface area contributed by atoms with Crippen LogP contribution in [0.5, 0.6) is 0 Å². The summed E-state index contributed by atoms with van der Waals surface area (Å²) in [5, 5.41) is 0. The van der Waals surface area contributed by atoms with Gasteiger partial charge in [0.15, 0.2) is 0 Å². The number of hydrogen-bond donors (Lipinski definition) is 1. The molecule has 1 N–H and O–H groups in total. The van der Waals surface area contributed by atoms with E-state index in [0.29, 0.717) is 29.0 Å². The quantitative estimate of drug-likeness (QED) is 0.734. The lowest BCUT2D eigenvalue weighted by atomic mass is 9.98. The predicted octanol–water partition coefficient (Wildman–Crippen LogP) is 3.42. The lowest BCUT2D eigenvalue weighted by Gasteiger charge is -2.17. The number of halogens is 1. The normalized spacial score (nSPS) is 13.9. The first kappa shape index (κ1) is 17.6. The Morgan fingerprint density at radius 3 is 2.78 bits per heavy atom. The summed E-state index contributed by atoms with van der Waals surface area (Å²) in [4.78, 5) is 4.26. The fraction of sp³-hybridized carbons (Fsp3) is 0.150. The molecule has 0 fully saturated rings. The third-order valence-electron chi connectivity index (χ3n) is 4.62. The van der Waals surface area contributed by atoms with Crippen molar-refractivity contribution in [1.82, 2.24) is 14.3 Å². The summed E-state index contributed by atoms with van der Waals surface area (Å²) < 4.78 is 43.7.